The van der Waals surface area contributed by atoms with Gasteiger partial charge in [-0.1, -0.05) is 29.4 Å². The lowest BCUT2D eigenvalue weighted by atomic mass is 10.1. The van der Waals surface area contributed by atoms with E-state index >= 15 is 0 Å². The van der Waals surface area contributed by atoms with Gasteiger partial charge in [-0.05, 0) is 29.8 Å². The van der Waals surface area contributed by atoms with Crippen LogP contribution in [0.15, 0.2) is 53.7 Å². The van der Waals surface area contributed by atoms with E-state index in [4.69, 9.17) is 5.73 Å². The van der Waals surface area contributed by atoms with Gasteiger partial charge in [0.25, 0.3) is 11.8 Å². The fourth-order valence-corrected chi connectivity index (χ4v) is 1.84. The van der Waals surface area contributed by atoms with Gasteiger partial charge < -0.3 is 15.9 Å². The summed E-state index contributed by atoms with van der Waals surface area (Å²) in [5, 5.41) is 6.31. The van der Waals surface area contributed by atoms with Crippen molar-refractivity contribution in [1.29, 1.82) is 0 Å². The van der Waals surface area contributed by atoms with Crippen LogP contribution in [0, 0.1) is 0 Å². The van der Waals surface area contributed by atoms with Crippen LogP contribution in [0.5, 0.6) is 0 Å². The molecule has 3 N–H and O–H groups in total. The predicted octanol–water partition coefficient (Wildman–Crippen LogP) is 2.02. The van der Waals surface area contributed by atoms with E-state index in [-0.39, 0.29) is 11.5 Å². The van der Waals surface area contributed by atoms with Crippen LogP contribution in [-0.2, 0) is 4.84 Å². The van der Waals surface area contributed by atoms with Gasteiger partial charge in [0.1, 0.15) is 7.11 Å². The highest BCUT2D eigenvalue weighted by molar-refractivity contribution is 6.08. The summed E-state index contributed by atoms with van der Waals surface area (Å²) >= 11 is 0. The number of nitrogens with two attached hydrogens (primary N) is 1. The average molecular weight is 297 g/mol. The second kappa shape index (κ2) is 7.03. The van der Waals surface area contributed by atoms with Crippen molar-refractivity contribution in [2.75, 3.05) is 12.4 Å². The van der Waals surface area contributed by atoms with E-state index in [0.717, 1.165) is 5.56 Å². The fourth-order valence-electron chi connectivity index (χ4n) is 1.84. The van der Waals surface area contributed by atoms with Crippen molar-refractivity contribution in [2.45, 2.75) is 0 Å². The molecule has 0 saturated heterocycles. The van der Waals surface area contributed by atoms with Crippen LogP contribution in [0.1, 0.15) is 26.3 Å². The molecule has 0 aliphatic heterocycles. The van der Waals surface area contributed by atoms with E-state index in [2.05, 4.69) is 15.3 Å². The van der Waals surface area contributed by atoms with Crippen LogP contribution in [0.3, 0.4) is 0 Å². The lowest BCUT2D eigenvalue weighted by molar-refractivity contribution is 0.100. The maximum absolute atomic E-state index is 12.2. The third-order valence-corrected chi connectivity index (χ3v) is 2.92. The minimum atomic E-state index is -0.595. The number of rotatable bonds is 5. The Kier molecular flexibility index (Phi) is 4.87. The number of anilines is 1. The summed E-state index contributed by atoms with van der Waals surface area (Å²) in [7, 11) is 1.45. The zero-order valence-corrected chi connectivity index (χ0v) is 11.9. The number of primary amides is 1. The Labute approximate surface area is 127 Å². The lowest BCUT2D eigenvalue weighted by Crippen LogP contribution is -2.18. The van der Waals surface area contributed by atoms with E-state index in [0.29, 0.717) is 11.3 Å². The molecule has 22 heavy (non-hydrogen) atoms. The van der Waals surface area contributed by atoms with Gasteiger partial charge in [0.15, 0.2) is 0 Å². The highest BCUT2D eigenvalue weighted by Crippen LogP contribution is 2.15. The number of nitrogens with zero attached hydrogens (tertiary/aromatic N) is 1. The highest BCUT2D eigenvalue weighted by atomic mass is 16.6. The second-order valence-corrected chi connectivity index (χ2v) is 4.40. The van der Waals surface area contributed by atoms with Crippen molar-refractivity contribution in [3.8, 4) is 0 Å². The maximum Gasteiger partial charge on any atom is 0.255 e. The minimum Gasteiger partial charge on any atom is -0.399 e. The van der Waals surface area contributed by atoms with Crippen molar-refractivity contribution in [3.63, 3.8) is 0 Å². The molecule has 112 valence electrons. The minimum absolute atomic E-state index is 0.264. The lowest BCUT2D eigenvalue weighted by Gasteiger charge is -2.08. The Hall–Kier alpha value is -3.15. The van der Waals surface area contributed by atoms with Gasteiger partial charge in [-0.3, -0.25) is 9.59 Å². The van der Waals surface area contributed by atoms with Crippen LogP contribution >= 0.6 is 0 Å². The number of carbonyl (C=O) groups is 2. The summed E-state index contributed by atoms with van der Waals surface area (Å²) in [6, 6.07) is 13.3. The fraction of sp³-hybridized carbons (Fsp3) is 0.0625. The second-order valence-electron chi connectivity index (χ2n) is 4.40. The summed E-state index contributed by atoms with van der Waals surface area (Å²) in [5.41, 5.74) is 7.18. The number of hydrogen-bond acceptors (Lipinski definition) is 4. The Morgan fingerprint density at radius 2 is 1.82 bits per heavy atom. The summed E-state index contributed by atoms with van der Waals surface area (Å²) in [4.78, 5) is 28.1. The van der Waals surface area contributed by atoms with Crippen LogP contribution in [0.4, 0.5) is 5.69 Å². The molecule has 0 spiro atoms. The number of carbonyl (C=O) groups excluding carboxylic acids is 2. The van der Waals surface area contributed by atoms with E-state index in [1.54, 1.807) is 48.5 Å². The Bertz CT molecular complexity index is 709. The van der Waals surface area contributed by atoms with Crippen molar-refractivity contribution in [3.05, 3.63) is 65.2 Å². The molecular weight excluding hydrogens is 282 g/mol. The summed E-state index contributed by atoms with van der Waals surface area (Å²) in [6.07, 6.45) is 1.53. The first-order valence-electron chi connectivity index (χ1n) is 6.48. The molecule has 6 heteroatoms. The molecule has 0 heterocycles. The number of para-hydroxylation sites is 1. The van der Waals surface area contributed by atoms with Crippen LogP contribution < -0.4 is 11.1 Å². The first kappa shape index (κ1) is 15.2. The standard InChI is InChI=1S/C16H15N3O3/c1-22-18-10-11-6-8-12(9-7-11)16(21)19-14-5-3-2-4-13(14)15(17)20/h2-10H,1H3,(H2,17,20)(H,19,21). The smallest absolute Gasteiger partial charge is 0.255 e. The third kappa shape index (κ3) is 3.69. The van der Waals surface area contributed by atoms with Gasteiger partial charge in [-0.2, -0.15) is 0 Å². The third-order valence-electron chi connectivity index (χ3n) is 2.92. The van der Waals surface area contributed by atoms with Crippen molar-refractivity contribution in [2.24, 2.45) is 10.9 Å². The van der Waals surface area contributed by atoms with Crippen LogP contribution in [0.25, 0.3) is 0 Å². The first-order valence-corrected chi connectivity index (χ1v) is 6.48. The summed E-state index contributed by atoms with van der Waals surface area (Å²) < 4.78 is 0. The van der Waals surface area contributed by atoms with Gasteiger partial charge in [0, 0.05) is 5.56 Å². The molecule has 2 aromatic carbocycles. The molecule has 6 nitrogen and oxygen atoms in total. The highest BCUT2D eigenvalue weighted by Gasteiger charge is 2.11. The van der Waals surface area contributed by atoms with E-state index in [9.17, 15) is 9.59 Å². The summed E-state index contributed by atoms with van der Waals surface area (Å²) in [5.74, 6) is -0.925. The molecule has 0 aliphatic rings. The van der Waals surface area contributed by atoms with E-state index in [1.165, 1.54) is 13.3 Å². The molecule has 0 atom stereocenters. The number of oxime groups is 1. The summed E-state index contributed by atoms with van der Waals surface area (Å²) in [6.45, 7) is 0. The van der Waals surface area contributed by atoms with Crippen molar-refractivity contribution < 1.29 is 14.4 Å². The molecule has 0 bridgehead atoms. The Morgan fingerprint density at radius 3 is 2.45 bits per heavy atom. The molecule has 0 aromatic heterocycles. The van der Waals surface area contributed by atoms with Crippen molar-refractivity contribution in [1.82, 2.24) is 0 Å². The number of amides is 2. The Morgan fingerprint density at radius 1 is 1.14 bits per heavy atom. The van der Waals surface area contributed by atoms with Crippen LogP contribution in [0.2, 0.25) is 0 Å². The maximum atomic E-state index is 12.2. The van der Waals surface area contributed by atoms with Crippen LogP contribution in [-0.4, -0.2) is 25.1 Å². The van der Waals surface area contributed by atoms with Gasteiger partial charge >= 0.3 is 0 Å². The molecule has 2 aromatic rings. The molecule has 0 aliphatic carbocycles. The van der Waals surface area contributed by atoms with Gasteiger partial charge in [0.2, 0.25) is 0 Å². The molecule has 0 unspecified atom stereocenters. The normalized spacial score (nSPS) is 10.4. The number of benzene rings is 2. The zero-order valence-electron chi connectivity index (χ0n) is 11.9. The first-order chi connectivity index (χ1) is 10.6. The van der Waals surface area contributed by atoms with E-state index < -0.39 is 5.91 Å². The molecule has 0 saturated carbocycles. The molecule has 2 rings (SSSR count). The zero-order chi connectivity index (χ0) is 15.9. The number of nitrogens with one attached hydrogen (secondary N) is 1. The van der Waals surface area contributed by atoms with E-state index in [1.807, 2.05) is 0 Å². The van der Waals surface area contributed by atoms with Gasteiger partial charge in [0.05, 0.1) is 17.5 Å². The average Bonchev–Trinajstić information content (AvgIpc) is 2.53. The largest absolute Gasteiger partial charge is 0.399 e. The monoisotopic (exact) mass is 297 g/mol. The molecule has 0 fully saturated rings. The van der Waals surface area contributed by atoms with Crippen molar-refractivity contribution >= 4 is 23.7 Å². The predicted molar refractivity (Wildman–Crippen MR) is 84.0 cm³/mol. The SMILES string of the molecule is CON=Cc1ccc(C(=O)Nc2ccccc2C(N)=O)cc1. The molecule has 2 amide bonds. The Balaban J connectivity index is 2.16. The molecular formula is C16H15N3O3. The number of hydrogen-bond donors (Lipinski definition) is 2. The molecule has 0 radical (unpaired) electrons. The van der Waals surface area contributed by atoms with Gasteiger partial charge in [-0.25, -0.2) is 0 Å². The topological polar surface area (TPSA) is 93.8 Å². The quantitative estimate of drug-likeness (QED) is 0.653. The van der Waals surface area contributed by atoms with Gasteiger partial charge in [-0.15, -0.1) is 0 Å².